The summed E-state index contributed by atoms with van der Waals surface area (Å²) >= 11 is 12.2. The van der Waals surface area contributed by atoms with E-state index in [4.69, 9.17) is 23.2 Å². The van der Waals surface area contributed by atoms with Crippen LogP contribution in [0.25, 0.3) is 17.0 Å². The minimum absolute atomic E-state index is 0.323. The largest absolute Gasteiger partial charge is 0.466 e. The normalized spacial score (nSPS) is 11.4. The SMILES string of the molecule is COC(=O)/C=C/c1nn(Cc2ccc(F)cc2Cl)c2ccc(Cl)cc12. The summed E-state index contributed by atoms with van der Waals surface area (Å²) in [7, 11) is 1.30. The van der Waals surface area contributed by atoms with E-state index in [1.807, 2.05) is 6.07 Å². The van der Waals surface area contributed by atoms with Crippen LogP contribution in [0.3, 0.4) is 0 Å². The molecule has 0 saturated carbocycles. The summed E-state index contributed by atoms with van der Waals surface area (Å²) in [6.45, 7) is 0.351. The highest BCUT2D eigenvalue weighted by Gasteiger charge is 2.12. The molecule has 0 saturated heterocycles. The van der Waals surface area contributed by atoms with Crippen LogP contribution in [0.15, 0.2) is 42.5 Å². The van der Waals surface area contributed by atoms with Gasteiger partial charge in [0.25, 0.3) is 0 Å². The molecule has 3 rings (SSSR count). The number of carbonyl (C=O) groups is 1. The zero-order chi connectivity index (χ0) is 18.0. The molecule has 0 bridgehead atoms. The summed E-state index contributed by atoms with van der Waals surface area (Å²) in [5, 5.41) is 6.17. The van der Waals surface area contributed by atoms with Gasteiger partial charge in [0, 0.05) is 21.5 Å². The van der Waals surface area contributed by atoms with Crippen LogP contribution in [0.2, 0.25) is 10.0 Å². The highest BCUT2D eigenvalue weighted by molar-refractivity contribution is 6.31. The van der Waals surface area contributed by atoms with Gasteiger partial charge in [-0.25, -0.2) is 9.18 Å². The molecule has 0 radical (unpaired) electrons. The van der Waals surface area contributed by atoms with Gasteiger partial charge in [0.05, 0.1) is 24.9 Å². The highest BCUT2D eigenvalue weighted by Crippen LogP contribution is 2.26. The number of rotatable bonds is 4. The number of benzene rings is 2. The van der Waals surface area contributed by atoms with E-state index in [0.717, 1.165) is 16.5 Å². The van der Waals surface area contributed by atoms with Crippen LogP contribution < -0.4 is 0 Å². The van der Waals surface area contributed by atoms with Crippen LogP contribution in [-0.2, 0) is 16.1 Å². The van der Waals surface area contributed by atoms with E-state index in [1.54, 1.807) is 29.0 Å². The number of halogens is 3. The van der Waals surface area contributed by atoms with Crippen molar-refractivity contribution in [2.24, 2.45) is 0 Å². The maximum absolute atomic E-state index is 13.2. The molecule has 0 fully saturated rings. The Morgan fingerprint density at radius 2 is 2.08 bits per heavy atom. The van der Waals surface area contributed by atoms with E-state index in [0.29, 0.717) is 22.3 Å². The fourth-order valence-electron chi connectivity index (χ4n) is 2.45. The Balaban J connectivity index is 2.06. The highest BCUT2D eigenvalue weighted by atomic mass is 35.5. The molecule has 0 aliphatic rings. The lowest BCUT2D eigenvalue weighted by atomic mass is 10.2. The first-order valence-corrected chi connectivity index (χ1v) is 8.09. The summed E-state index contributed by atoms with van der Waals surface area (Å²) in [5.41, 5.74) is 2.11. The number of hydrogen-bond acceptors (Lipinski definition) is 3. The molecular formula is C18H13Cl2FN2O2. The Hall–Kier alpha value is -2.37. The van der Waals surface area contributed by atoms with Gasteiger partial charge >= 0.3 is 5.97 Å². The van der Waals surface area contributed by atoms with Crippen molar-refractivity contribution >= 4 is 46.2 Å². The Morgan fingerprint density at radius 3 is 2.80 bits per heavy atom. The minimum atomic E-state index is -0.480. The number of fused-ring (bicyclic) bond motifs is 1. The first kappa shape index (κ1) is 17.5. The fourth-order valence-corrected chi connectivity index (χ4v) is 2.85. The van der Waals surface area contributed by atoms with Gasteiger partial charge in [0.2, 0.25) is 0 Å². The number of hydrogen-bond donors (Lipinski definition) is 0. The zero-order valence-electron chi connectivity index (χ0n) is 13.2. The second kappa shape index (κ2) is 7.25. The van der Waals surface area contributed by atoms with E-state index >= 15 is 0 Å². The van der Waals surface area contributed by atoms with Gasteiger partial charge in [-0.3, -0.25) is 4.68 Å². The molecule has 1 heterocycles. The van der Waals surface area contributed by atoms with Crippen molar-refractivity contribution in [3.63, 3.8) is 0 Å². The summed E-state index contributed by atoms with van der Waals surface area (Å²) in [4.78, 5) is 11.3. The number of aromatic nitrogens is 2. The molecule has 4 nitrogen and oxygen atoms in total. The topological polar surface area (TPSA) is 44.1 Å². The van der Waals surface area contributed by atoms with Crippen LogP contribution in [0.4, 0.5) is 4.39 Å². The third kappa shape index (κ3) is 3.83. The second-order valence-electron chi connectivity index (χ2n) is 5.30. The van der Waals surface area contributed by atoms with Gasteiger partial charge in [-0.1, -0.05) is 29.3 Å². The lowest BCUT2D eigenvalue weighted by molar-refractivity contribution is -0.134. The Kier molecular flexibility index (Phi) is 5.06. The van der Waals surface area contributed by atoms with Gasteiger partial charge in [-0.05, 0) is 42.0 Å². The van der Waals surface area contributed by atoms with Crippen molar-refractivity contribution in [3.05, 3.63) is 69.6 Å². The molecule has 0 amide bonds. The van der Waals surface area contributed by atoms with Crippen LogP contribution in [0.5, 0.6) is 0 Å². The molecular weight excluding hydrogens is 366 g/mol. The quantitative estimate of drug-likeness (QED) is 0.487. The molecule has 0 atom stereocenters. The summed E-state index contributed by atoms with van der Waals surface area (Å²) < 4.78 is 19.5. The lowest BCUT2D eigenvalue weighted by Crippen LogP contribution is -2.02. The monoisotopic (exact) mass is 378 g/mol. The molecule has 0 aliphatic carbocycles. The van der Waals surface area contributed by atoms with Crippen LogP contribution >= 0.6 is 23.2 Å². The maximum atomic E-state index is 13.2. The molecule has 7 heteroatoms. The number of ether oxygens (including phenoxy) is 1. The predicted molar refractivity (Wildman–Crippen MR) is 96.3 cm³/mol. The smallest absolute Gasteiger partial charge is 0.330 e. The van der Waals surface area contributed by atoms with Gasteiger partial charge < -0.3 is 4.74 Å². The molecule has 0 spiro atoms. The van der Waals surface area contributed by atoms with Gasteiger partial charge in [0.1, 0.15) is 5.82 Å². The average molecular weight is 379 g/mol. The van der Waals surface area contributed by atoms with E-state index in [-0.39, 0.29) is 0 Å². The second-order valence-corrected chi connectivity index (χ2v) is 6.14. The minimum Gasteiger partial charge on any atom is -0.466 e. The van der Waals surface area contributed by atoms with Crippen LogP contribution in [-0.4, -0.2) is 22.9 Å². The third-order valence-corrected chi connectivity index (χ3v) is 4.24. The maximum Gasteiger partial charge on any atom is 0.330 e. The first-order chi connectivity index (χ1) is 12.0. The molecule has 3 aromatic rings. The Morgan fingerprint density at radius 1 is 1.28 bits per heavy atom. The standard InChI is InChI=1S/C18H13Cl2FN2O2/c1-25-18(24)7-5-16-14-8-12(19)3-6-17(14)23(22-16)10-11-2-4-13(21)9-15(11)20/h2-9H,10H2,1H3/b7-5+. The van der Waals surface area contributed by atoms with E-state index in [9.17, 15) is 9.18 Å². The summed E-state index contributed by atoms with van der Waals surface area (Å²) in [6, 6.07) is 9.58. The molecule has 25 heavy (non-hydrogen) atoms. The lowest BCUT2D eigenvalue weighted by Gasteiger charge is -2.06. The van der Waals surface area contributed by atoms with Crippen LogP contribution in [0.1, 0.15) is 11.3 Å². The van der Waals surface area contributed by atoms with Crippen LogP contribution in [0, 0.1) is 5.82 Å². The number of nitrogens with zero attached hydrogens (tertiary/aromatic N) is 2. The predicted octanol–water partition coefficient (Wildman–Crippen LogP) is 4.72. The molecule has 0 aliphatic heterocycles. The van der Waals surface area contributed by atoms with Crippen molar-refractivity contribution in [1.82, 2.24) is 9.78 Å². The number of methoxy groups -OCH3 is 1. The Labute approximate surface area is 153 Å². The number of carbonyl (C=O) groups excluding carboxylic acids is 1. The van der Waals surface area contributed by atoms with Gasteiger partial charge in [-0.2, -0.15) is 5.10 Å². The van der Waals surface area contributed by atoms with E-state index < -0.39 is 11.8 Å². The van der Waals surface area contributed by atoms with E-state index in [2.05, 4.69) is 9.84 Å². The first-order valence-electron chi connectivity index (χ1n) is 7.34. The number of esters is 1. The van der Waals surface area contributed by atoms with Gasteiger partial charge in [0.15, 0.2) is 0 Å². The molecule has 0 unspecified atom stereocenters. The Bertz CT molecular complexity index is 983. The summed E-state index contributed by atoms with van der Waals surface area (Å²) in [5.74, 6) is -0.876. The fraction of sp³-hybridized carbons (Fsp3) is 0.111. The van der Waals surface area contributed by atoms with Crippen molar-refractivity contribution in [2.45, 2.75) is 6.54 Å². The molecule has 128 valence electrons. The zero-order valence-corrected chi connectivity index (χ0v) is 14.7. The van der Waals surface area contributed by atoms with E-state index in [1.165, 1.54) is 25.3 Å². The average Bonchev–Trinajstić information content (AvgIpc) is 2.92. The van der Waals surface area contributed by atoms with Gasteiger partial charge in [-0.15, -0.1) is 0 Å². The molecule has 1 aromatic heterocycles. The van der Waals surface area contributed by atoms with Crippen molar-refractivity contribution < 1.29 is 13.9 Å². The molecule has 0 N–H and O–H groups in total. The molecule has 2 aromatic carbocycles. The summed E-state index contributed by atoms with van der Waals surface area (Å²) in [6.07, 6.45) is 2.85. The van der Waals surface area contributed by atoms with Crippen molar-refractivity contribution in [1.29, 1.82) is 0 Å². The van der Waals surface area contributed by atoms with Crippen molar-refractivity contribution in [3.8, 4) is 0 Å². The van der Waals surface area contributed by atoms with Crippen molar-refractivity contribution in [2.75, 3.05) is 7.11 Å². The third-order valence-electron chi connectivity index (χ3n) is 3.65.